The van der Waals surface area contributed by atoms with Gasteiger partial charge in [0.05, 0.1) is 18.2 Å². The normalized spacial score (nSPS) is 28.0. The third kappa shape index (κ3) is 2.12. The summed E-state index contributed by atoms with van der Waals surface area (Å²) in [7, 11) is 0. The highest BCUT2D eigenvalue weighted by Gasteiger charge is 2.30. The number of ether oxygens (including phenoxy) is 1. The lowest BCUT2D eigenvalue weighted by Gasteiger charge is -2.34. The summed E-state index contributed by atoms with van der Waals surface area (Å²) in [6.07, 6.45) is 0.333. The van der Waals surface area contributed by atoms with Crippen molar-refractivity contribution < 1.29 is 14.3 Å². The van der Waals surface area contributed by atoms with Crippen LogP contribution >= 0.6 is 0 Å². The van der Waals surface area contributed by atoms with Crippen molar-refractivity contribution in [2.75, 3.05) is 13.2 Å². The smallest absolute Gasteiger partial charge is 0.214 e. The van der Waals surface area contributed by atoms with Crippen LogP contribution in [0.4, 0.5) is 0 Å². The topological polar surface area (TPSA) is 55.4 Å². The van der Waals surface area contributed by atoms with Gasteiger partial charge in [0.2, 0.25) is 5.78 Å². The first-order valence-electron chi connectivity index (χ1n) is 3.91. The van der Waals surface area contributed by atoms with Crippen molar-refractivity contribution in [1.29, 1.82) is 0 Å². The number of carbonyl (C=O) groups is 2. The van der Waals surface area contributed by atoms with Gasteiger partial charge in [-0.2, -0.15) is 0 Å². The maximum Gasteiger partial charge on any atom is 0.214 e. The van der Waals surface area contributed by atoms with Crippen LogP contribution in [-0.2, 0) is 14.3 Å². The van der Waals surface area contributed by atoms with Crippen LogP contribution in [0.25, 0.3) is 0 Å². The fraction of sp³-hybridized carbons (Fsp3) is 0.750. The highest BCUT2D eigenvalue weighted by molar-refractivity contribution is 6.27. The predicted octanol–water partition coefficient (Wildman–Crippen LogP) is -0.479. The van der Waals surface area contributed by atoms with E-state index in [0.29, 0.717) is 12.8 Å². The molecule has 1 atom stereocenters. The Morgan fingerprint density at radius 1 is 1.67 bits per heavy atom. The number of nitrogens with one attached hydrogen (secondary N) is 1. The van der Waals surface area contributed by atoms with Gasteiger partial charge >= 0.3 is 0 Å². The lowest BCUT2D eigenvalue weighted by Crippen LogP contribution is -2.54. The second kappa shape index (κ2) is 3.33. The van der Waals surface area contributed by atoms with Crippen molar-refractivity contribution in [2.45, 2.75) is 25.5 Å². The number of aldehydes is 1. The fourth-order valence-corrected chi connectivity index (χ4v) is 1.05. The molecule has 4 nitrogen and oxygen atoms in total. The molecule has 1 N–H and O–H groups in total. The summed E-state index contributed by atoms with van der Waals surface area (Å²) < 4.78 is 5.36. The molecule has 1 fully saturated rings. The van der Waals surface area contributed by atoms with Crippen molar-refractivity contribution in [3.63, 3.8) is 0 Å². The summed E-state index contributed by atoms with van der Waals surface area (Å²) >= 11 is 0. The first-order valence-corrected chi connectivity index (χ1v) is 3.91. The van der Waals surface area contributed by atoms with Crippen LogP contribution < -0.4 is 5.32 Å². The van der Waals surface area contributed by atoms with Crippen molar-refractivity contribution in [2.24, 2.45) is 0 Å². The zero-order chi connectivity index (χ0) is 9.19. The zero-order valence-electron chi connectivity index (χ0n) is 7.29. The van der Waals surface area contributed by atoms with Crippen LogP contribution in [0, 0.1) is 0 Å². The van der Waals surface area contributed by atoms with E-state index < -0.39 is 11.8 Å². The molecule has 0 aliphatic carbocycles. The SMILES string of the molecule is CC1(C)CNC(C(=O)C=O)CO1. The third-order valence-electron chi connectivity index (χ3n) is 1.87. The molecule has 1 heterocycles. The lowest BCUT2D eigenvalue weighted by molar-refractivity contribution is -0.136. The molecule has 1 unspecified atom stereocenters. The van der Waals surface area contributed by atoms with Gasteiger partial charge in [-0.15, -0.1) is 0 Å². The number of ketones is 1. The largest absolute Gasteiger partial charge is 0.372 e. The summed E-state index contributed by atoms with van der Waals surface area (Å²) in [6, 6.07) is -0.449. The van der Waals surface area contributed by atoms with Crippen LogP contribution in [0.2, 0.25) is 0 Å². The quantitative estimate of drug-likeness (QED) is 0.450. The first kappa shape index (κ1) is 9.35. The molecule has 12 heavy (non-hydrogen) atoms. The van der Waals surface area contributed by atoms with Gasteiger partial charge in [0, 0.05) is 6.54 Å². The van der Waals surface area contributed by atoms with Gasteiger partial charge in [0.15, 0.2) is 6.29 Å². The number of hydrogen-bond acceptors (Lipinski definition) is 4. The Morgan fingerprint density at radius 3 is 2.75 bits per heavy atom. The van der Waals surface area contributed by atoms with Gasteiger partial charge < -0.3 is 10.1 Å². The first-order chi connectivity index (χ1) is 5.55. The van der Waals surface area contributed by atoms with Crippen LogP contribution in [-0.4, -0.2) is 36.9 Å². The van der Waals surface area contributed by atoms with Gasteiger partial charge in [-0.3, -0.25) is 9.59 Å². The molecule has 0 aromatic rings. The lowest BCUT2D eigenvalue weighted by atomic mass is 10.1. The van der Waals surface area contributed by atoms with Gasteiger partial charge in [-0.05, 0) is 13.8 Å². The molecule has 4 heteroatoms. The van der Waals surface area contributed by atoms with E-state index in [1.807, 2.05) is 13.8 Å². The van der Waals surface area contributed by atoms with Gasteiger partial charge in [-0.25, -0.2) is 0 Å². The van der Waals surface area contributed by atoms with Gasteiger partial charge in [0.25, 0.3) is 0 Å². The summed E-state index contributed by atoms with van der Waals surface area (Å²) in [5, 5.41) is 2.95. The van der Waals surface area contributed by atoms with E-state index in [-0.39, 0.29) is 12.2 Å². The van der Waals surface area contributed by atoms with Gasteiger partial charge in [0.1, 0.15) is 0 Å². The van der Waals surface area contributed by atoms with E-state index in [2.05, 4.69) is 5.32 Å². The van der Waals surface area contributed by atoms with E-state index >= 15 is 0 Å². The maximum absolute atomic E-state index is 10.9. The highest BCUT2D eigenvalue weighted by Crippen LogP contribution is 2.12. The zero-order valence-corrected chi connectivity index (χ0v) is 7.29. The maximum atomic E-state index is 10.9. The molecule has 0 aromatic carbocycles. The van der Waals surface area contributed by atoms with Crippen LogP contribution in [0.5, 0.6) is 0 Å². The van der Waals surface area contributed by atoms with E-state index in [0.717, 1.165) is 0 Å². The average Bonchev–Trinajstić information content (AvgIpc) is 2.03. The molecule has 0 bridgehead atoms. The minimum atomic E-state index is -0.449. The second-order valence-electron chi connectivity index (χ2n) is 3.52. The molecule has 1 aliphatic heterocycles. The highest BCUT2D eigenvalue weighted by atomic mass is 16.5. The van der Waals surface area contributed by atoms with Crippen LogP contribution in [0.3, 0.4) is 0 Å². The Kier molecular flexibility index (Phi) is 2.59. The molecule has 0 radical (unpaired) electrons. The Labute approximate surface area is 71.3 Å². The number of morpholine rings is 1. The van der Waals surface area contributed by atoms with E-state index in [4.69, 9.17) is 4.74 Å². The monoisotopic (exact) mass is 171 g/mol. The van der Waals surface area contributed by atoms with Crippen molar-refractivity contribution in [1.82, 2.24) is 5.32 Å². The molecule has 0 spiro atoms. The molecule has 1 aliphatic rings. The summed E-state index contributed by atoms with van der Waals surface area (Å²) in [5.41, 5.74) is -0.236. The molecule has 68 valence electrons. The third-order valence-corrected chi connectivity index (χ3v) is 1.87. The number of hydrogen-bond donors (Lipinski definition) is 1. The number of Topliss-reactive ketones (excluding diaryl/α,β-unsaturated/α-hetero) is 1. The summed E-state index contributed by atoms with van der Waals surface area (Å²) in [6.45, 7) is 4.74. The molecular formula is C8H13NO3. The Hall–Kier alpha value is -0.740. The molecule has 0 amide bonds. The fourth-order valence-electron chi connectivity index (χ4n) is 1.05. The molecule has 0 saturated carbocycles. The second-order valence-corrected chi connectivity index (χ2v) is 3.52. The van der Waals surface area contributed by atoms with Crippen LogP contribution in [0.15, 0.2) is 0 Å². The Balaban J connectivity index is 2.46. The number of rotatable bonds is 2. The van der Waals surface area contributed by atoms with Crippen LogP contribution in [0.1, 0.15) is 13.8 Å². The van der Waals surface area contributed by atoms with Gasteiger partial charge in [-0.1, -0.05) is 0 Å². The molecule has 1 rings (SSSR count). The average molecular weight is 171 g/mol. The number of carbonyl (C=O) groups excluding carboxylic acids is 2. The van der Waals surface area contributed by atoms with E-state index in [1.54, 1.807) is 0 Å². The van der Waals surface area contributed by atoms with E-state index in [9.17, 15) is 9.59 Å². The Bertz CT molecular complexity index is 190. The predicted molar refractivity (Wildman–Crippen MR) is 42.9 cm³/mol. The summed E-state index contributed by atoms with van der Waals surface area (Å²) in [5.74, 6) is -0.439. The van der Waals surface area contributed by atoms with Crippen molar-refractivity contribution in [3.8, 4) is 0 Å². The van der Waals surface area contributed by atoms with Crippen molar-refractivity contribution in [3.05, 3.63) is 0 Å². The standard InChI is InChI=1S/C8H13NO3/c1-8(2)5-9-6(4-12-8)7(11)3-10/h3,6,9H,4-5H2,1-2H3. The van der Waals surface area contributed by atoms with E-state index in [1.165, 1.54) is 0 Å². The summed E-state index contributed by atoms with van der Waals surface area (Å²) in [4.78, 5) is 21.0. The molecule has 1 saturated heterocycles. The molecular weight excluding hydrogens is 158 g/mol. The van der Waals surface area contributed by atoms with Crippen molar-refractivity contribution >= 4 is 12.1 Å². The Morgan fingerprint density at radius 2 is 2.33 bits per heavy atom. The minimum Gasteiger partial charge on any atom is -0.372 e. The minimum absolute atomic E-state index is 0.236. The molecule has 0 aromatic heterocycles.